The van der Waals surface area contributed by atoms with Crippen molar-refractivity contribution in [2.75, 3.05) is 6.54 Å². The lowest BCUT2D eigenvalue weighted by Crippen LogP contribution is -2.47. The van der Waals surface area contributed by atoms with Crippen LogP contribution in [0.25, 0.3) is 0 Å². The molecule has 2 N–H and O–H groups in total. The summed E-state index contributed by atoms with van der Waals surface area (Å²) in [4.78, 5) is 22.6. The molecule has 1 fully saturated rings. The first-order chi connectivity index (χ1) is 7.65. The van der Waals surface area contributed by atoms with Crippen LogP contribution in [0.1, 0.15) is 29.1 Å². The van der Waals surface area contributed by atoms with E-state index < -0.39 is 0 Å². The quantitative estimate of drug-likeness (QED) is 0.738. The summed E-state index contributed by atoms with van der Waals surface area (Å²) in [5, 5.41) is 9.11. The highest BCUT2D eigenvalue weighted by molar-refractivity contribution is 5.92. The van der Waals surface area contributed by atoms with Crippen LogP contribution in [-0.2, 0) is 4.79 Å². The van der Waals surface area contributed by atoms with Crippen LogP contribution < -0.4 is 10.6 Å². The molecule has 2 amide bonds. The number of aryl methyl sites for hydroxylation is 1. The third-order valence-electron chi connectivity index (χ3n) is 2.46. The number of hydrogen-bond donors (Lipinski definition) is 2. The van der Waals surface area contributed by atoms with Gasteiger partial charge in [0.1, 0.15) is 5.76 Å². The fourth-order valence-corrected chi connectivity index (χ4v) is 1.59. The van der Waals surface area contributed by atoms with Gasteiger partial charge in [-0.15, -0.1) is 0 Å². The van der Waals surface area contributed by atoms with Gasteiger partial charge in [-0.05, 0) is 13.3 Å². The second-order valence-corrected chi connectivity index (χ2v) is 3.84. The zero-order valence-electron chi connectivity index (χ0n) is 8.95. The Morgan fingerprint density at radius 1 is 1.69 bits per heavy atom. The molecule has 86 valence electrons. The Labute approximate surface area is 92.4 Å². The molecule has 0 radical (unpaired) electrons. The van der Waals surface area contributed by atoms with E-state index in [0.717, 1.165) is 0 Å². The highest BCUT2D eigenvalue weighted by atomic mass is 16.5. The second kappa shape index (κ2) is 4.34. The van der Waals surface area contributed by atoms with E-state index in [1.807, 2.05) is 0 Å². The molecule has 1 unspecified atom stereocenters. The second-order valence-electron chi connectivity index (χ2n) is 3.84. The maximum absolute atomic E-state index is 11.7. The SMILES string of the molecule is Cc1cc(C(=O)NC2CCC(=O)NC2)no1. The van der Waals surface area contributed by atoms with Crippen molar-refractivity contribution in [1.29, 1.82) is 0 Å². The number of carbonyl (C=O) groups excluding carboxylic acids is 2. The maximum Gasteiger partial charge on any atom is 0.273 e. The zero-order chi connectivity index (χ0) is 11.5. The van der Waals surface area contributed by atoms with Crippen molar-refractivity contribution in [3.05, 3.63) is 17.5 Å². The van der Waals surface area contributed by atoms with Gasteiger partial charge < -0.3 is 15.2 Å². The molecule has 1 atom stereocenters. The van der Waals surface area contributed by atoms with Crippen LogP contribution in [0.4, 0.5) is 0 Å². The molecule has 1 aliphatic rings. The largest absolute Gasteiger partial charge is 0.361 e. The topological polar surface area (TPSA) is 84.2 Å². The van der Waals surface area contributed by atoms with Crippen LogP contribution in [0.2, 0.25) is 0 Å². The first-order valence-corrected chi connectivity index (χ1v) is 5.16. The number of carbonyl (C=O) groups is 2. The monoisotopic (exact) mass is 223 g/mol. The van der Waals surface area contributed by atoms with Gasteiger partial charge in [-0.2, -0.15) is 0 Å². The predicted octanol–water partition coefficient (Wildman–Crippen LogP) is -0.00858. The van der Waals surface area contributed by atoms with E-state index in [0.29, 0.717) is 25.1 Å². The van der Waals surface area contributed by atoms with Crippen LogP contribution in [0.15, 0.2) is 10.6 Å². The van der Waals surface area contributed by atoms with E-state index in [9.17, 15) is 9.59 Å². The van der Waals surface area contributed by atoms with Crippen molar-refractivity contribution < 1.29 is 14.1 Å². The van der Waals surface area contributed by atoms with Gasteiger partial charge in [-0.3, -0.25) is 9.59 Å². The minimum Gasteiger partial charge on any atom is -0.361 e. The third-order valence-corrected chi connectivity index (χ3v) is 2.46. The van der Waals surface area contributed by atoms with Gasteiger partial charge in [0, 0.05) is 25.1 Å². The number of aromatic nitrogens is 1. The molecule has 1 aliphatic heterocycles. The Morgan fingerprint density at radius 3 is 3.06 bits per heavy atom. The molecule has 1 aromatic rings. The Hall–Kier alpha value is -1.85. The molecule has 1 saturated heterocycles. The number of amides is 2. The molecule has 1 aromatic heterocycles. The summed E-state index contributed by atoms with van der Waals surface area (Å²) in [6.45, 7) is 2.20. The molecule has 16 heavy (non-hydrogen) atoms. The average molecular weight is 223 g/mol. The first kappa shape index (κ1) is 10.7. The zero-order valence-corrected chi connectivity index (χ0v) is 8.95. The van der Waals surface area contributed by atoms with Crippen molar-refractivity contribution in [1.82, 2.24) is 15.8 Å². The Kier molecular flexibility index (Phi) is 2.89. The molecule has 0 spiro atoms. The molecule has 6 nitrogen and oxygen atoms in total. The first-order valence-electron chi connectivity index (χ1n) is 5.16. The van der Waals surface area contributed by atoms with Gasteiger partial charge in [-0.25, -0.2) is 0 Å². The number of rotatable bonds is 2. The molecule has 2 rings (SSSR count). The summed E-state index contributed by atoms with van der Waals surface area (Å²) in [5.41, 5.74) is 0.273. The van der Waals surface area contributed by atoms with Gasteiger partial charge >= 0.3 is 0 Å². The molecular formula is C10H13N3O3. The maximum atomic E-state index is 11.7. The fourth-order valence-electron chi connectivity index (χ4n) is 1.59. The van der Waals surface area contributed by atoms with E-state index in [2.05, 4.69) is 15.8 Å². The van der Waals surface area contributed by atoms with E-state index >= 15 is 0 Å². The Balaban J connectivity index is 1.90. The summed E-state index contributed by atoms with van der Waals surface area (Å²) in [6, 6.07) is 1.55. The normalized spacial score (nSPS) is 20.3. The van der Waals surface area contributed by atoms with Crippen molar-refractivity contribution >= 4 is 11.8 Å². The van der Waals surface area contributed by atoms with Crippen LogP contribution in [0, 0.1) is 6.92 Å². The number of nitrogens with zero attached hydrogens (tertiary/aromatic N) is 1. The Morgan fingerprint density at radius 2 is 2.50 bits per heavy atom. The predicted molar refractivity (Wildman–Crippen MR) is 54.7 cm³/mol. The molecule has 0 aromatic carbocycles. The minimum atomic E-state index is -0.266. The molecule has 0 saturated carbocycles. The molecule has 0 aliphatic carbocycles. The van der Waals surface area contributed by atoms with Crippen LogP contribution >= 0.6 is 0 Å². The number of hydrogen-bond acceptors (Lipinski definition) is 4. The van der Waals surface area contributed by atoms with E-state index in [1.54, 1.807) is 13.0 Å². The summed E-state index contributed by atoms with van der Waals surface area (Å²) in [7, 11) is 0. The fraction of sp³-hybridized carbons (Fsp3) is 0.500. The van der Waals surface area contributed by atoms with Gasteiger partial charge in [0.05, 0.1) is 0 Å². The van der Waals surface area contributed by atoms with Crippen molar-refractivity contribution in [3.8, 4) is 0 Å². The van der Waals surface area contributed by atoms with E-state index in [4.69, 9.17) is 4.52 Å². The van der Waals surface area contributed by atoms with Gasteiger partial charge in [0.2, 0.25) is 5.91 Å². The molecule has 6 heteroatoms. The van der Waals surface area contributed by atoms with Crippen LogP contribution in [0.3, 0.4) is 0 Å². The minimum absolute atomic E-state index is 0.0257. The lowest BCUT2D eigenvalue weighted by Gasteiger charge is -2.22. The molecule has 2 heterocycles. The summed E-state index contributed by atoms with van der Waals surface area (Å²) in [5.74, 6) is 0.364. The molecule has 0 bridgehead atoms. The van der Waals surface area contributed by atoms with Crippen molar-refractivity contribution in [2.45, 2.75) is 25.8 Å². The summed E-state index contributed by atoms with van der Waals surface area (Å²) < 4.78 is 4.81. The number of piperidine rings is 1. The Bertz CT molecular complexity index is 403. The lowest BCUT2D eigenvalue weighted by molar-refractivity contribution is -0.122. The smallest absolute Gasteiger partial charge is 0.273 e. The van der Waals surface area contributed by atoms with Crippen LogP contribution in [-0.4, -0.2) is 29.6 Å². The highest BCUT2D eigenvalue weighted by Crippen LogP contribution is 2.05. The molecular weight excluding hydrogens is 210 g/mol. The van der Waals surface area contributed by atoms with Gasteiger partial charge in [0.25, 0.3) is 5.91 Å². The lowest BCUT2D eigenvalue weighted by atomic mass is 10.1. The van der Waals surface area contributed by atoms with Gasteiger partial charge in [0.15, 0.2) is 5.69 Å². The van der Waals surface area contributed by atoms with E-state index in [-0.39, 0.29) is 23.6 Å². The average Bonchev–Trinajstić information content (AvgIpc) is 2.68. The van der Waals surface area contributed by atoms with Crippen molar-refractivity contribution in [3.63, 3.8) is 0 Å². The number of nitrogens with one attached hydrogen (secondary N) is 2. The van der Waals surface area contributed by atoms with E-state index in [1.165, 1.54) is 0 Å². The third kappa shape index (κ3) is 2.39. The highest BCUT2D eigenvalue weighted by Gasteiger charge is 2.21. The summed E-state index contributed by atoms with van der Waals surface area (Å²) >= 11 is 0. The summed E-state index contributed by atoms with van der Waals surface area (Å²) in [6.07, 6.45) is 1.11. The van der Waals surface area contributed by atoms with Crippen LogP contribution in [0.5, 0.6) is 0 Å². The van der Waals surface area contributed by atoms with Crippen molar-refractivity contribution in [2.24, 2.45) is 0 Å². The van der Waals surface area contributed by atoms with Gasteiger partial charge in [-0.1, -0.05) is 5.16 Å². The standard InChI is InChI=1S/C10H13N3O3/c1-6-4-8(13-16-6)10(15)12-7-2-3-9(14)11-5-7/h4,7H,2-3,5H2,1H3,(H,11,14)(H,12,15).